The first kappa shape index (κ1) is 12.7. The summed E-state index contributed by atoms with van der Waals surface area (Å²) in [5.41, 5.74) is 2.77. The van der Waals surface area contributed by atoms with Crippen molar-refractivity contribution in [2.24, 2.45) is 5.73 Å². The monoisotopic (exact) mass is 204 g/mol. The number of aliphatic carboxylic acids is 1. The molecule has 1 amide bonds. The zero-order valence-electron chi connectivity index (χ0n) is 8.75. The zero-order valence-corrected chi connectivity index (χ0v) is 8.75. The molecule has 0 aliphatic heterocycles. The highest BCUT2D eigenvalue weighted by Crippen LogP contribution is 2.07. The van der Waals surface area contributed by atoms with Gasteiger partial charge in [-0.05, 0) is 27.7 Å². The van der Waals surface area contributed by atoms with Gasteiger partial charge in [-0.1, -0.05) is 0 Å². The lowest BCUT2D eigenvalue weighted by Gasteiger charge is -2.25. The lowest BCUT2D eigenvalue weighted by atomic mass is 10.2. The van der Waals surface area contributed by atoms with Crippen LogP contribution in [-0.2, 0) is 9.53 Å². The molecule has 0 spiro atoms. The van der Waals surface area contributed by atoms with Crippen LogP contribution in [0.2, 0.25) is 0 Å². The molecule has 0 heterocycles. The van der Waals surface area contributed by atoms with Gasteiger partial charge in [0.2, 0.25) is 0 Å². The van der Waals surface area contributed by atoms with Crippen molar-refractivity contribution in [1.82, 2.24) is 5.32 Å². The number of hydrogen-bond donors (Lipinski definition) is 3. The Morgan fingerprint density at radius 2 is 1.71 bits per heavy atom. The van der Waals surface area contributed by atoms with Crippen LogP contribution < -0.4 is 11.1 Å². The van der Waals surface area contributed by atoms with Crippen molar-refractivity contribution in [1.29, 1.82) is 0 Å². The van der Waals surface area contributed by atoms with E-state index in [0.29, 0.717) is 0 Å². The predicted molar refractivity (Wildman–Crippen MR) is 49.6 cm³/mol. The Kier molecular flexibility index (Phi) is 3.47. The first-order chi connectivity index (χ1) is 6.04. The lowest BCUT2D eigenvalue weighted by molar-refractivity contribution is -0.143. The molecule has 82 valence electrons. The molecule has 6 nitrogen and oxygen atoms in total. The Morgan fingerprint density at radius 3 is 2.00 bits per heavy atom. The molecule has 0 aliphatic carbocycles. The SMILES string of the molecule is CC(C)(C)OC(=O)N[C@](C)(N)C(=O)O. The van der Waals surface area contributed by atoms with Gasteiger partial charge in [0.15, 0.2) is 5.66 Å². The van der Waals surface area contributed by atoms with E-state index >= 15 is 0 Å². The van der Waals surface area contributed by atoms with Gasteiger partial charge in [-0.3, -0.25) is 11.1 Å². The summed E-state index contributed by atoms with van der Waals surface area (Å²) >= 11 is 0. The highest BCUT2D eigenvalue weighted by atomic mass is 16.6. The summed E-state index contributed by atoms with van der Waals surface area (Å²) in [4.78, 5) is 21.6. The maximum atomic E-state index is 11.1. The third kappa shape index (κ3) is 4.66. The molecule has 0 saturated carbocycles. The molecule has 0 aromatic heterocycles. The van der Waals surface area contributed by atoms with E-state index in [1.807, 2.05) is 5.32 Å². The van der Waals surface area contributed by atoms with Gasteiger partial charge in [0.1, 0.15) is 5.60 Å². The van der Waals surface area contributed by atoms with Gasteiger partial charge in [-0.2, -0.15) is 0 Å². The molecule has 4 N–H and O–H groups in total. The van der Waals surface area contributed by atoms with Gasteiger partial charge >= 0.3 is 12.1 Å². The second-order valence-electron chi connectivity index (χ2n) is 4.13. The minimum absolute atomic E-state index is 0.682. The highest BCUT2D eigenvalue weighted by Gasteiger charge is 2.31. The number of rotatable bonds is 2. The summed E-state index contributed by atoms with van der Waals surface area (Å²) in [6.45, 7) is 6.17. The van der Waals surface area contributed by atoms with Crippen LogP contribution in [0.4, 0.5) is 4.79 Å². The number of amides is 1. The molecule has 0 radical (unpaired) electrons. The van der Waals surface area contributed by atoms with Crippen LogP contribution in [0.25, 0.3) is 0 Å². The van der Waals surface area contributed by atoms with Gasteiger partial charge in [0, 0.05) is 0 Å². The zero-order chi connectivity index (χ0) is 11.6. The fourth-order valence-electron chi connectivity index (χ4n) is 0.569. The maximum absolute atomic E-state index is 11.1. The van der Waals surface area contributed by atoms with Crippen molar-refractivity contribution < 1.29 is 19.4 Å². The number of nitrogens with two attached hydrogens (primary N) is 1. The van der Waals surface area contributed by atoms with E-state index in [2.05, 4.69) is 0 Å². The van der Waals surface area contributed by atoms with Crippen LogP contribution in [0.15, 0.2) is 0 Å². The number of carbonyl (C=O) groups is 2. The van der Waals surface area contributed by atoms with E-state index in [1.165, 1.54) is 6.92 Å². The molecule has 0 unspecified atom stereocenters. The number of carbonyl (C=O) groups excluding carboxylic acids is 1. The Balaban J connectivity index is 4.27. The predicted octanol–water partition coefficient (Wildman–Crippen LogP) is 0.271. The number of carboxylic acid groups (broad SMARTS) is 1. The molecule has 0 saturated heterocycles. The van der Waals surface area contributed by atoms with Gasteiger partial charge in [-0.15, -0.1) is 0 Å². The molecule has 0 rings (SSSR count). The number of nitrogens with one attached hydrogen (secondary N) is 1. The van der Waals surface area contributed by atoms with Crippen LogP contribution in [0, 0.1) is 0 Å². The fourth-order valence-corrected chi connectivity index (χ4v) is 0.569. The van der Waals surface area contributed by atoms with Crippen LogP contribution in [-0.4, -0.2) is 28.4 Å². The van der Waals surface area contributed by atoms with Crippen LogP contribution >= 0.6 is 0 Å². The molecule has 14 heavy (non-hydrogen) atoms. The lowest BCUT2D eigenvalue weighted by Crippen LogP contribution is -2.59. The molecule has 1 atom stereocenters. The van der Waals surface area contributed by atoms with Gasteiger partial charge < -0.3 is 9.84 Å². The van der Waals surface area contributed by atoms with Crippen molar-refractivity contribution in [3.63, 3.8) is 0 Å². The third-order valence-electron chi connectivity index (χ3n) is 1.20. The summed E-state index contributed by atoms with van der Waals surface area (Å²) in [6.07, 6.45) is -0.857. The highest BCUT2D eigenvalue weighted by molar-refractivity contribution is 5.83. The van der Waals surface area contributed by atoms with E-state index in [9.17, 15) is 9.59 Å². The first-order valence-corrected chi connectivity index (χ1v) is 4.08. The summed E-state index contributed by atoms with van der Waals surface area (Å²) in [7, 11) is 0. The topological polar surface area (TPSA) is 102 Å². The van der Waals surface area contributed by atoms with E-state index in [1.54, 1.807) is 20.8 Å². The minimum Gasteiger partial charge on any atom is -0.479 e. The van der Waals surface area contributed by atoms with Crippen molar-refractivity contribution in [2.75, 3.05) is 0 Å². The second kappa shape index (κ2) is 3.83. The fraction of sp³-hybridized carbons (Fsp3) is 0.750. The van der Waals surface area contributed by atoms with E-state index in [4.69, 9.17) is 15.6 Å². The number of carboxylic acids is 1. The van der Waals surface area contributed by atoms with Crippen molar-refractivity contribution >= 4 is 12.1 Å². The Bertz CT molecular complexity index is 242. The second-order valence-corrected chi connectivity index (χ2v) is 4.13. The number of alkyl carbamates (subject to hydrolysis) is 1. The summed E-state index contributed by atoms with van der Waals surface area (Å²) < 4.78 is 4.83. The Labute approximate surface area is 82.4 Å². The van der Waals surface area contributed by atoms with Crippen molar-refractivity contribution in [3.05, 3.63) is 0 Å². The van der Waals surface area contributed by atoms with Gasteiger partial charge in [0.05, 0.1) is 0 Å². The molecule has 0 bridgehead atoms. The van der Waals surface area contributed by atoms with Crippen molar-refractivity contribution in [2.45, 2.75) is 39.0 Å². The minimum atomic E-state index is -1.82. The Hall–Kier alpha value is -1.30. The number of hydrogen-bond acceptors (Lipinski definition) is 4. The van der Waals surface area contributed by atoms with E-state index in [0.717, 1.165) is 0 Å². The average Bonchev–Trinajstić information content (AvgIpc) is 1.79. The standard InChI is InChI=1S/C8H16N2O4/c1-7(2,3)14-6(13)10-8(4,9)5(11)12/h9H2,1-4H3,(H,10,13)(H,11,12)/t8-/m0/s1. The first-order valence-electron chi connectivity index (χ1n) is 4.08. The molecule has 0 aromatic rings. The molecule has 0 aromatic carbocycles. The van der Waals surface area contributed by atoms with Crippen LogP contribution in [0.5, 0.6) is 0 Å². The third-order valence-corrected chi connectivity index (χ3v) is 1.20. The average molecular weight is 204 g/mol. The molecule has 0 fully saturated rings. The molecule has 6 heteroatoms. The van der Waals surface area contributed by atoms with Gasteiger partial charge in [-0.25, -0.2) is 9.59 Å². The summed E-state index contributed by atoms with van der Waals surface area (Å²) in [6, 6.07) is 0. The summed E-state index contributed by atoms with van der Waals surface area (Å²) in [5, 5.41) is 10.6. The van der Waals surface area contributed by atoms with Gasteiger partial charge in [0.25, 0.3) is 0 Å². The van der Waals surface area contributed by atoms with E-state index in [-0.39, 0.29) is 0 Å². The van der Waals surface area contributed by atoms with Crippen molar-refractivity contribution in [3.8, 4) is 0 Å². The summed E-state index contributed by atoms with van der Waals surface area (Å²) in [5.74, 6) is -1.33. The largest absolute Gasteiger partial charge is 0.479 e. The van der Waals surface area contributed by atoms with Crippen LogP contribution in [0.1, 0.15) is 27.7 Å². The van der Waals surface area contributed by atoms with Crippen LogP contribution in [0.3, 0.4) is 0 Å². The smallest absolute Gasteiger partial charge is 0.409 e. The molecular formula is C8H16N2O4. The maximum Gasteiger partial charge on any atom is 0.409 e. The Morgan fingerprint density at radius 1 is 1.29 bits per heavy atom. The number of ether oxygens (including phenoxy) is 1. The quantitative estimate of drug-likeness (QED) is 0.560. The van der Waals surface area contributed by atoms with E-state index < -0.39 is 23.3 Å². The molecule has 0 aliphatic rings. The molecular weight excluding hydrogens is 188 g/mol. The normalized spacial score (nSPS) is 15.5.